The van der Waals surface area contributed by atoms with Crippen LogP contribution in [0.5, 0.6) is 0 Å². The Labute approximate surface area is 216 Å². The van der Waals surface area contributed by atoms with Gasteiger partial charge in [-0.05, 0) is 24.5 Å². The van der Waals surface area contributed by atoms with Crippen molar-refractivity contribution in [3.63, 3.8) is 0 Å². The van der Waals surface area contributed by atoms with Crippen LogP contribution in [0.15, 0.2) is 0 Å². The minimum Gasteiger partial charge on any atom is -0.388 e. The lowest BCUT2D eigenvalue weighted by Gasteiger charge is -2.43. The van der Waals surface area contributed by atoms with Crippen LogP contribution in [0, 0.1) is 16.7 Å². The maximum absolute atomic E-state index is 13.1. The third-order valence-corrected chi connectivity index (χ3v) is 8.53. The summed E-state index contributed by atoms with van der Waals surface area (Å²) in [4.78, 5) is 14.0. The molecule has 0 bridgehead atoms. The zero-order valence-corrected chi connectivity index (χ0v) is 23.2. The molecular weight excluding hydrogens is 466 g/mol. The number of nitroso groups, excluding NO2 is 1. The fourth-order valence-corrected chi connectivity index (χ4v) is 6.04. The Morgan fingerprint density at radius 3 is 2.23 bits per heavy atom. The number of aliphatic hydroxyl groups is 3. The Balaban J connectivity index is 1.79. The molecule has 206 valence electrons. The van der Waals surface area contributed by atoms with Crippen LogP contribution >= 0.6 is 11.8 Å². The summed E-state index contributed by atoms with van der Waals surface area (Å²) < 4.78 is 5.93. The predicted octanol–water partition coefficient (Wildman–Crippen LogP) is 3.71. The van der Waals surface area contributed by atoms with Gasteiger partial charge in [0.25, 0.3) is 6.17 Å². The fraction of sp³-hybridized carbons (Fsp3) is 1.00. The molecule has 0 spiro atoms. The van der Waals surface area contributed by atoms with Crippen LogP contribution < -0.4 is 10.7 Å². The number of thioether (sulfide) groups is 1. The monoisotopic (exact) mass is 518 g/mol. The number of piperidine rings is 1. The fourth-order valence-electron chi connectivity index (χ4n) is 5.36. The van der Waals surface area contributed by atoms with Crippen molar-refractivity contribution >= 4 is 11.8 Å². The molecule has 0 aliphatic carbocycles. The molecule has 8 atom stereocenters. The van der Waals surface area contributed by atoms with Crippen molar-refractivity contribution in [1.82, 2.24) is 10.7 Å². The van der Waals surface area contributed by atoms with Gasteiger partial charge >= 0.3 is 0 Å². The number of ether oxygens (including phenoxy) is 1. The summed E-state index contributed by atoms with van der Waals surface area (Å²) in [6, 6.07) is -0.501. The van der Waals surface area contributed by atoms with Crippen molar-refractivity contribution in [3.05, 3.63) is 4.91 Å². The van der Waals surface area contributed by atoms with Crippen LogP contribution in [-0.4, -0.2) is 75.0 Å². The smallest absolute Gasteiger partial charge is 0.287 e. The van der Waals surface area contributed by atoms with E-state index in [9.17, 15) is 20.2 Å². The summed E-state index contributed by atoms with van der Waals surface area (Å²) in [6.07, 6.45) is 11.9. The summed E-state index contributed by atoms with van der Waals surface area (Å²) in [5, 5.41) is 34.4. The first-order valence-electron chi connectivity index (χ1n) is 14.0. The third-order valence-electron chi connectivity index (χ3n) is 7.68. The summed E-state index contributed by atoms with van der Waals surface area (Å²) in [6.45, 7) is 6.98. The van der Waals surface area contributed by atoms with Crippen LogP contribution in [0.1, 0.15) is 97.8 Å². The van der Waals surface area contributed by atoms with Gasteiger partial charge in [0.2, 0.25) is 0 Å². The van der Waals surface area contributed by atoms with Gasteiger partial charge in [-0.2, -0.15) is 0 Å². The van der Waals surface area contributed by atoms with Gasteiger partial charge in [0.05, 0.1) is 4.91 Å². The van der Waals surface area contributed by atoms with Crippen molar-refractivity contribution in [3.8, 4) is 0 Å². The van der Waals surface area contributed by atoms with Crippen LogP contribution in [0.3, 0.4) is 0 Å². The second-order valence-corrected chi connectivity index (χ2v) is 11.8. The zero-order valence-electron chi connectivity index (χ0n) is 22.4. The molecule has 2 fully saturated rings. The topological polar surface area (TPSA) is 114 Å². The van der Waals surface area contributed by atoms with Gasteiger partial charge in [-0.1, -0.05) is 85.0 Å². The lowest BCUT2D eigenvalue weighted by atomic mass is 9.89. The lowest BCUT2D eigenvalue weighted by Crippen LogP contribution is -2.65. The van der Waals surface area contributed by atoms with Crippen molar-refractivity contribution in [2.45, 2.75) is 140 Å². The third kappa shape index (κ3) is 9.74. The van der Waals surface area contributed by atoms with Gasteiger partial charge in [0.15, 0.2) is 0 Å². The first-order chi connectivity index (χ1) is 16.8. The molecule has 2 saturated heterocycles. The van der Waals surface area contributed by atoms with E-state index < -0.39 is 35.9 Å². The van der Waals surface area contributed by atoms with E-state index in [1.807, 2.05) is 13.8 Å². The van der Waals surface area contributed by atoms with Gasteiger partial charge in [0.1, 0.15) is 40.8 Å². The first kappa shape index (κ1) is 30.8. The van der Waals surface area contributed by atoms with Crippen molar-refractivity contribution in [2.75, 3.05) is 12.8 Å². The van der Waals surface area contributed by atoms with E-state index in [1.165, 1.54) is 76.0 Å². The molecular formula is C26H52N3O5S+. The summed E-state index contributed by atoms with van der Waals surface area (Å²) in [7, 11) is 0. The molecule has 0 aromatic heterocycles. The Morgan fingerprint density at radius 2 is 1.63 bits per heavy atom. The van der Waals surface area contributed by atoms with E-state index in [1.54, 1.807) is 6.26 Å². The largest absolute Gasteiger partial charge is 0.388 e. The highest BCUT2D eigenvalue weighted by molar-refractivity contribution is 7.99. The minimum atomic E-state index is -1.32. The molecule has 0 unspecified atom stereocenters. The van der Waals surface area contributed by atoms with E-state index in [0.29, 0.717) is 5.92 Å². The Hall–Kier alpha value is -0.450. The Bertz CT molecular complexity index is 597. The quantitative estimate of drug-likeness (QED) is 0.119. The SMILES string of the molecule is CCCCCCCCCCC[C@@H]1CCN[C@H]([N+](=O)N[C@H](C(C)C)[C@H]2O[C@H](SC)[C@H](O)[C@@H](O)[C@H]2O)C1. The van der Waals surface area contributed by atoms with E-state index >= 15 is 0 Å². The summed E-state index contributed by atoms with van der Waals surface area (Å²) in [5.41, 5.74) is 2.36. The van der Waals surface area contributed by atoms with Gasteiger partial charge in [-0.15, -0.1) is 17.2 Å². The van der Waals surface area contributed by atoms with E-state index in [2.05, 4.69) is 17.7 Å². The van der Waals surface area contributed by atoms with Crippen molar-refractivity contribution < 1.29 is 24.9 Å². The maximum atomic E-state index is 13.1. The number of hydrogen-bond donors (Lipinski definition) is 5. The lowest BCUT2D eigenvalue weighted by molar-refractivity contribution is -0.657. The van der Waals surface area contributed by atoms with E-state index in [4.69, 9.17) is 4.74 Å². The molecule has 0 aromatic rings. The van der Waals surface area contributed by atoms with Crippen LogP contribution in [0.2, 0.25) is 0 Å². The van der Waals surface area contributed by atoms with Crippen molar-refractivity contribution in [2.24, 2.45) is 11.8 Å². The van der Waals surface area contributed by atoms with Crippen molar-refractivity contribution in [1.29, 1.82) is 0 Å². The molecule has 35 heavy (non-hydrogen) atoms. The molecule has 8 nitrogen and oxygen atoms in total. The maximum Gasteiger partial charge on any atom is 0.287 e. The molecule has 0 radical (unpaired) electrons. The van der Waals surface area contributed by atoms with E-state index in [0.717, 1.165) is 24.3 Å². The number of unbranched alkanes of at least 4 members (excludes halogenated alkanes) is 8. The van der Waals surface area contributed by atoms with E-state index in [-0.39, 0.29) is 12.1 Å². The predicted molar refractivity (Wildman–Crippen MR) is 142 cm³/mol. The number of aliphatic hydroxyl groups excluding tert-OH is 3. The highest BCUT2D eigenvalue weighted by Crippen LogP contribution is 2.31. The molecule has 2 aliphatic heterocycles. The number of rotatable bonds is 16. The van der Waals surface area contributed by atoms with Gasteiger partial charge in [-0.25, -0.2) is 0 Å². The van der Waals surface area contributed by atoms with Gasteiger partial charge < -0.3 is 20.1 Å². The Kier molecular flexibility index (Phi) is 14.4. The molecule has 2 rings (SSSR count). The molecule has 2 heterocycles. The number of hydrazine groups is 1. The highest BCUT2D eigenvalue weighted by Gasteiger charge is 2.49. The summed E-state index contributed by atoms with van der Waals surface area (Å²) in [5.74, 6) is 0.508. The highest BCUT2D eigenvalue weighted by atomic mass is 32.2. The molecule has 2 aliphatic rings. The first-order valence-corrected chi connectivity index (χ1v) is 15.3. The average Bonchev–Trinajstić information content (AvgIpc) is 2.85. The number of nitrogens with zero attached hydrogens (tertiary/aromatic N) is 1. The molecule has 9 heteroatoms. The average molecular weight is 519 g/mol. The second-order valence-electron chi connectivity index (χ2n) is 10.9. The molecule has 0 saturated carbocycles. The Morgan fingerprint density at radius 1 is 1.00 bits per heavy atom. The molecule has 5 N–H and O–H groups in total. The van der Waals surface area contributed by atoms with Crippen LogP contribution in [-0.2, 0) is 4.74 Å². The van der Waals surface area contributed by atoms with Crippen LogP contribution in [0.4, 0.5) is 0 Å². The summed E-state index contributed by atoms with van der Waals surface area (Å²) >= 11 is 1.28. The second kappa shape index (κ2) is 16.4. The number of hydrogen-bond acceptors (Lipinski definition) is 7. The normalized spacial score (nSPS) is 32.5. The number of nitrogens with one attached hydrogen (secondary N) is 2. The molecule has 0 aromatic carbocycles. The minimum absolute atomic E-state index is 0.0302. The molecule has 0 amide bonds. The standard InChI is InChI=1S/C26H52N3O5S/c1-5-6-7-8-9-10-11-12-13-14-19-15-16-27-20(17-19)29(33)28-21(18(2)3)25-23(31)22(30)24(32)26(34-25)35-4/h18-27,30-32H,5-17H2,1-4H3,(H,28,33)/q+1/t19-,20-,21-,22+,23-,24-,25-,26-/m1/s1. The van der Waals surface area contributed by atoms with Crippen LogP contribution in [0.25, 0.3) is 0 Å². The van der Waals surface area contributed by atoms with Gasteiger partial charge in [-0.3, -0.25) is 5.32 Å². The van der Waals surface area contributed by atoms with Gasteiger partial charge in [0, 0.05) is 13.0 Å². The zero-order chi connectivity index (χ0) is 25.8.